The first-order valence-corrected chi connectivity index (χ1v) is 7.93. The summed E-state index contributed by atoms with van der Waals surface area (Å²) in [6, 6.07) is -0.155. The Bertz CT molecular complexity index is 874. The fourth-order valence-electron chi connectivity index (χ4n) is 2.31. The fourth-order valence-corrected chi connectivity index (χ4v) is 2.31. The lowest BCUT2D eigenvalue weighted by molar-refractivity contribution is -0.144. The highest BCUT2D eigenvalue weighted by Crippen LogP contribution is 2.19. The van der Waals surface area contributed by atoms with Gasteiger partial charge in [-0.1, -0.05) is 0 Å². The summed E-state index contributed by atoms with van der Waals surface area (Å²) in [7, 11) is 0. The number of amides is 6. The lowest BCUT2D eigenvalue weighted by atomic mass is 10.2. The van der Waals surface area contributed by atoms with Crippen LogP contribution in [0.1, 0.15) is 13.8 Å². The molecule has 2 rings (SSSR count). The molecule has 1 aliphatic rings. The number of carbonyl (C=O) groups excluding carboxylic acids is 5. The summed E-state index contributed by atoms with van der Waals surface area (Å²) in [5.41, 5.74) is -0.638. The Morgan fingerprint density at radius 2 is 1.64 bits per heavy atom. The molecule has 6 amide bonds. The predicted octanol–water partition coefficient (Wildman–Crippen LogP) is 0.358. The number of carbonyl (C=O) groups is 5. The fraction of sp³-hybridized carbons (Fsp3) is 0.312. The van der Waals surface area contributed by atoms with Crippen molar-refractivity contribution >= 4 is 35.3 Å². The van der Waals surface area contributed by atoms with Gasteiger partial charge in [0.15, 0.2) is 17.5 Å². The van der Waals surface area contributed by atoms with Crippen molar-refractivity contribution in [2.45, 2.75) is 19.9 Å². The number of imide groups is 2. The molecule has 1 aromatic carbocycles. The molecule has 2 N–H and O–H groups in total. The number of nitrogens with zero attached hydrogens (tertiary/aromatic N) is 2. The van der Waals surface area contributed by atoms with E-state index in [0.29, 0.717) is 15.9 Å². The average Bonchev–Trinajstić information content (AvgIpc) is 2.84. The number of nitrogens with one attached hydrogen (secondary N) is 2. The smallest absolute Gasteiger partial charge is 0.334 e. The van der Waals surface area contributed by atoms with Gasteiger partial charge in [-0.05, 0) is 26.0 Å². The number of anilines is 1. The van der Waals surface area contributed by atoms with E-state index in [1.807, 2.05) is 5.32 Å². The van der Waals surface area contributed by atoms with Gasteiger partial charge in [0.25, 0.3) is 0 Å². The summed E-state index contributed by atoms with van der Waals surface area (Å²) in [6.07, 6.45) is 0. The van der Waals surface area contributed by atoms with E-state index in [1.54, 1.807) is 0 Å². The Morgan fingerprint density at radius 1 is 1.00 bits per heavy atom. The predicted molar refractivity (Wildman–Crippen MR) is 87.0 cm³/mol. The topological polar surface area (TPSA) is 116 Å². The van der Waals surface area contributed by atoms with Crippen LogP contribution in [0, 0.1) is 17.5 Å². The van der Waals surface area contributed by atoms with Crippen molar-refractivity contribution in [1.82, 2.24) is 15.1 Å². The van der Waals surface area contributed by atoms with Crippen molar-refractivity contribution in [2.24, 2.45) is 0 Å². The maximum atomic E-state index is 13.5. The largest absolute Gasteiger partial charge is 0.345 e. The number of hydrogen-bond donors (Lipinski definition) is 2. The normalized spacial score (nSPS) is 14.1. The molecule has 9 nitrogen and oxygen atoms in total. The summed E-state index contributed by atoms with van der Waals surface area (Å²) in [5.74, 6) is -8.99. The molecule has 0 radical (unpaired) electrons. The van der Waals surface area contributed by atoms with E-state index in [-0.39, 0.29) is 0 Å². The van der Waals surface area contributed by atoms with Crippen LogP contribution in [0.2, 0.25) is 0 Å². The van der Waals surface area contributed by atoms with Gasteiger partial charge in [0, 0.05) is 6.04 Å². The lowest BCUT2D eigenvalue weighted by Gasteiger charge is -2.18. The molecule has 0 bridgehead atoms. The van der Waals surface area contributed by atoms with Crippen LogP contribution in [-0.2, 0) is 19.2 Å². The minimum Gasteiger partial charge on any atom is -0.345 e. The first-order chi connectivity index (χ1) is 13.0. The first-order valence-electron chi connectivity index (χ1n) is 7.93. The maximum Gasteiger partial charge on any atom is 0.334 e. The van der Waals surface area contributed by atoms with Crippen molar-refractivity contribution in [2.75, 3.05) is 18.4 Å². The summed E-state index contributed by atoms with van der Waals surface area (Å²) >= 11 is 0. The third kappa shape index (κ3) is 4.10. The van der Waals surface area contributed by atoms with E-state index in [0.717, 1.165) is 6.07 Å². The average molecular weight is 400 g/mol. The number of rotatable bonds is 6. The van der Waals surface area contributed by atoms with Crippen LogP contribution in [0.15, 0.2) is 12.1 Å². The maximum absolute atomic E-state index is 13.5. The highest BCUT2D eigenvalue weighted by molar-refractivity contribution is 6.45. The van der Waals surface area contributed by atoms with Crippen molar-refractivity contribution in [3.05, 3.63) is 29.6 Å². The van der Waals surface area contributed by atoms with Gasteiger partial charge in [-0.2, -0.15) is 0 Å². The Kier molecular flexibility index (Phi) is 6.01. The van der Waals surface area contributed by atoms with Gasteiger partial charge in [-0.3, -0.25) is 24.1 Å². The molecular weight excluding hydrogens is 385 g/mol. The molecule has 0 unspecified atom stereocenters. The highest BCUT2D eigenvalue weighted by atomic mass is 19.2. The molecule has 1 aliphatic heterocycles. The van der Waals surface area contributed by atoms with Gasteiger partial charge in [0.05, 0.1) is 12.2 Å². The molecule has 1 fully saturated rings. The van der Waals surface area contributed by atoms with E-state index in [1.165, 1.54) is 13.8 Å². The summed E-state index contributed by atoms with van der Waals surface area (Å²) in [6.45, 7) is 1.50. The standard InChI is InChI=1S/C16H15F3N4O5/c1-7(2)23-15(27)14(26)22(16(23)28)6-11(25)20-5-10(24)21-9-4-3-8(17)12(18)13(9)19/h3-4,7H,5-6H2,1-2H3,(H,20,25)(H,21,24). The van der Waals surface area contributed by atoms with Crippen LogP contribution in [-0.4, -0.2) is 58.6 Å². The van der Waals surface area contributed by atoms with Gasteiger partial charge in [-0.15, -0.1) is 0 Å². The number of hydrogen-bond acceptors (Lipinski definition) is 5. The molecule has 1 heterocycles. The highest BCUT2D eigenvalue weighted by Gasteiger charge is 2.46. The SMILES string of the molecule is CC(C)N1C(=O)C(=O)N(CC(=O)NCC(=O)Nc2ccc(F)c(F)c2F)C1=O. The van der Waals surface area contributed by atoms with Crippen molar-refractivity contribution in [3.63, 3.8) is 0 Å². The van der Waals surface area contributed by atoms with Crippen LogP contribution in [0.3, 0.4) is 0 Å². The molecule has 150 valence electrons. The molecule has 0 aliphatic carbocycles. The van der Waals surface area contributed by atoms with E-state index in [2.05, 4.69) is 5.32 Å². The quantitative estimate of drug-likeness (QED) is 0.406. The molecule has 28 heavy (non-hydrogen) atoms. The zero-order chi connectivity index (χ0) is 21.2. The molecule has 1 saturated heterocycles. The number of urea groups is 1. The lowest BCUT2D eigenvalue weighted by Crippen LogP contribution is -2.44. The van der Waals surface area contributed by atoms with Gasteiger partial charge < -0.3 is 10.6 Å². The summed E-state index contributed by atoms with van der Waals surface area (Å²) in [5, 5.41) is 3.99. The van der Waals surface area contributed by atoms with E-state index in [4.69, 9.17) is 0 Å². The third-order valence-corrected chi connectivity index (χ3v) is 3.66. The Hall–Kier alpha value is -3.44. The zero-order valence-electron chi connectivity index (χ0n) is 14.7. The Balaban J connectivity index is 1.91. The van der Waals surface area contributed by atoms with Crippen molar-refractivity contribution in [3.8, 4) is 0 Å². The molecule has 0 spiro atoms. The van der Waals surface area contributed by atoms with Gasteiger partial charge >= 0.3 is 17.8 Å². The van der Waals surface area contributed by atoms with Gasteiger partial charge in [0.2, 0.25) is 11.8 Å². The number of benzene rings is 1. The van der Waals surface area contributed by atoms with Crippen LogP contribution in [0.4, 0.5) is 23.7 Å². The molecular formula is C16H15F3N4O5. The summed E-state index contributed by atoms with van der Waals surface area (Å²) in [4.78, 5) is 60.2. The van der Waals surface area contributed by atoms with Crippen LogP contribution in [0.25, 0.3) is 0 Å². The van der Waals surface area contributed by atoms with Crippen molar-refractivity contribution in [1.29, 1.82) is 0 Å². The minimum absolute atomic E-state index is 0.421. The Labute approximate surface area is 156 Å². The zero-order valence-corrected chi connectivity index (χ0v) is 14.7. The Morgan fingerprint density at radius 3 is 2.21 bits per heavy atom. The number of halogens is 3. The minimum atomic E-state index is -1.77. The van der Waals surface area contributed by atoms with Gasteiger partial charge in [0.1, 0.15) is 6.54 Å². The van der Waals surface area contributed by atoms with E-state index in [9.17, 15) is 37.1 Å². The second-order valence-corrected chi connectivity index (χ2v) is 5.99. The second kappa shape index (κ2) is 8.06. The van der Waals surface area contributed by atoms with Crippen molar-refractivity contribution < 1.29 is 37.1 Å². The van der Waals surface area contributed by atoms with E-state index >= 15 is 0 Å². The molecule has 0 atom stereocenters. The molecule has 12 heteroatoms. The van der Waals surface area contributed by atoms with Gasteiger partial charge in [-0.25, -0.2) is 22.9 Å². The molecule has 0 aromatic heterocycles. The third-order valence-electron chi connectivity index (χ3n) is 3.66. The molecule has 1 aromatic rings. The second-order valence-electron chi connectivity index (χ2n) is 5.99. The van der Waals surface area contributed by atoms with Crippen LogP contribution >= 0.6 is 0 Å². The van der Waals surface area contributed by atoms with Crippen LogP contribution < -0.4 is 10.6 Å². The molecule has 0 saturated carbocycles. The first kappa shape index (κ1) is 20.9. The van der Waals surface area contributed by atoms with E-state index < -0.39 is 71.9 Å². The van der Waals surface area contributed by atoms with Crippen LogP contribution in [0.5, 0.6) is 0 Å². The summed E-state index contributed by atoms with van der Waals surface area (Å²) < 4.78 is 39.4. The monoisotopic (exact) mass is 400 g/mol.